The van der Waals surface area contributed by atoms with Gasteiger partial charge in [-0.05, 0) is 132 Å². The Labute approximate surface area is 668 Å². The van der Waals surface area contributed by atoms with Gasteiger partial charge in [0.15, 0.2) is 23.1 Å². The normalized spacial score (nSPS) is 10.1. The van der Waals surface area contributed by atoms with Gasteiger partial charge in [-0.1, -0.05) is 273 Å². The van der Waals surface area contributed by atoms with Crippen LogP contribution in [0.15, 0.2) is 373 Å². The predicted molar refractivity (Wildman–Crippen MR) is 440 cm³/mol. The van der Waals surface area contributed by atoms with Crippen LogP contribution in [0.3, 0.4) is 0 Å². The molecule has 4 heterocycles. The van der Waals surface area contributed by atoms with Gasteiger partial charge >= 0.3 is 14.2 Å². The number of aromatic nitrogens is 4. The Morgan fingerprint density at radius 3 is 0.963 bits per heavy atom. The summed E-state index contributed by atoms with van der Waals surface area (Å²) in [5, 5.41) is 43.4. The van der Waals surface area contributed by atoms with Crippen molar-refractivity contribution in [3.63, 3.8) is 0 Å². The Morgan fingerprint density at radius 2 is 0.664 bits per heavy atom. The van der Waals surface area contributed by atoms with Crippen molar-refractivity contribution < 1.29 is 65.4 Å². The predicted octanol–water partition coefficient (Wildman–Crippen LogP) is 18.1. The van der Waals surface area contributed by atoms with Crippen LogP contribution in [0.2, 0.25) is 0 Å². The SMILES string of the molecule is Brc1ccc(-c2ccccc2)nc1.Brc1ccc(I)nc1.CC(=O)C=C(C)O.O=C(c1ccccc1)c1ccc(-c2ccc(-c3[c-]cccc3)nc2)cc1.O=C(c1ccccc1)c1ccc(-c2ccc(-c3ccccc3)nc2)cc1.O=C(c1ccccc1)c1ccc(B(O)O)cc1.OB(O)c1ccccc1.[Pt]. The second-order valence-electron chi connectivity index (χ2n) is 22.9. The number of hydrogen-bond donors (Lipinski definition) is 5. The molecule has 0 saturated carbocycles. The molecule has 0 aliphatic rings. The van der Waals surface area contributed by atoms with Crippen molar-refractivity contribution in [1.82, 2.24) is 19.9 Å². The summed E-state index contributed by atoms with van der Waals surface area (Å²) < 4.78 is 3.05. The first kappa shape index (κ1) is 83.6. The van der Waals surface area contributed by atoms with Crippen LogP contribution in [0.5, 0.6) is 0 Å². The first-order valence-electron chi connectivity index (χ1n) is 33.0. The number of rotatable bonds is 14. The van der Waals surface area contributed by atoms with Gasteiger partial charge in [-0.2, -0.15) is 0 Å². The molecule has 4 aromatic heterocycles. The number of nitrogens with zero attached hydrogens (tertiary/aromatic N) is 4. The van der Waals surface area contributed by atoms with Crippen LogP contribution in [0, 0.1) is 9.77 Å². The number of hydrogen-bond acceptors (Lipinski definition) is 13. The standard InChI is InChI=1S/C24H17NO.C24H16NO.C13H11BO3.C11H8BrN.C6H7BO2.C5H3BrIN.C5H8O2.Pt/c2*26-24(20-9-5-2-6-10-20)21-13-11-18(12-14-21)22-15-16-23(25-17-22)19-7-3-1-4-8-19;15-13(10-4-2-1-3-5-10)11-6-8-12(9-7-11)14(16)17;12-10-6-7-11(13-8-10)9-4-2-1-3-5-9;8-7(9)6-4-2-1-3-5-6;6-4-1-2-5(7)8-3-4;1-4(6)3-5(2)7;/h1-17H;1-7,9-17H;1-9,16-17H;1-8H;1-5,8-9H;1-3H;3,6H,1-2H3;/q;-1;;;;;;. The monoisotopic (exact) mass is 1830 g/mol. The fraction of sp³-hybridized carbons (Fsp3) is 0.0227. The summed E-state index contributed by atoms with van der Waals surface area (Å²) in [5.74, 6) is -0.0722. The maximum atomic E-state index is 12.5. The maximum absolute atomic E-state index is 12.5. The molecule has 13 nitrogen and oxygen atoms in total. The smallest absolute Gasteiger partial charge is 0.488 e. The quantitative estimate of drug-likeness (QED) is 0.0130. The van der Waals surface area contributed by atoms with Gasteiger partial charge in [0, 0.05) is 111 Å². The molecule has 0 unspecified atom stereocenters. The second kappa shape index (κ2) is 45.0. The van der Waals surface area contributed by atoms with Crippen molar-refractivity contribution in [2.45, 2.75) is 13.8 Å². The maximum Gasteiger partial charge on any atom is 0.488 e. The van der Waals surface area contributed by atoms with E-state index in [0.29, 0.717) is 44.3 Å². The minimum Gasteiger partial charge on any atom is -0.512 e. The number of benzene rings is 10. The topological polar surface area (TPSA) is 221 Å². The van der Waals surface area contributed by atoms with Gasteiger partial charge in [0.05, 0.1) is 17.1 Å². The summed E-state index contributed by atoms with van der Waals surface area (Å²) >= 11 is 8.80. The van der Waals surface area contributed by atoms with Crippen LogP contribution >= 0.6 is 54.5 Å². The molecule has 5 N–H and O–H groups in total. The Morgan fingerprint density at radius 1 is 0.346 bits per heavy atom. The first-order chi connectivity index (χ1) is 51.4. The molecule has 0 radical (unpaired) electrons. The first-order valence-corrected chi connectivity index (χ1v) is 35.7. The zero-order valence-electron chi connectivity index (χ0n) is 57.8. The van der Waals surface area contributed by atoms with E-state index < -0.39 is 14.2 Å². The molecule has 0 aliphatic heterocycles. The van der Waals surface area contributed by atoms with E-state index >= 15 is 0 Å². The van der Waals surface area contributed by atoms with E-state index in [-0.39, 0.29) is 50.0 Å². The van der Waals surface area contributed by atoms with E-state index in [0.717, 1.165) is 68.7 Å². The number of pyridine rings is 4. The van der Waals surface area contributed by atoms with E-state index in [4.69, 9.17) is 25.2 Å². The van der Waals surface area contributed by atoms with Crippen LogP contribution in [0.1, 0.15) is 61.6 Å². The summed E-state index contributed by atoms with van der Waals surface area (Å²) in [7, 11) is -2.85. The van der Waals surface area contributed by atoms with Crippen molar-refractivity contribution in [2.24, 2.45) is 0 Å². The van der Waals surface area contributed by atoms with Crippen molar-refractivity contribution in [3.8, 4) is 56.0 Å². The molecule has 14 rings (SSSR count). The molecule has 0 aliphatic carbocycles. The van der Waals surface area contributed by atoms with Gasteiger partial charge in [-0.15, -0.1) is 35.9 Å². The Hall–Kier alpha value is -10.6. The van der Waals surface area contributed by atoms with Gasteiger partial charge in [0.2, 0.25) is 0 Å². The molecule has 14 aromatic rings. The van der Waals surface area contributed by atoms with Gasteiger partial charge < -0.3 is 30.2 Å². The molecule has 0 spiro atoms. The zero-order chi connectivity index (χ0) is 75.4. The van der Waals surface area contributed by atoms with E-state index in [1.807, 2.05) is 255 Å². The van der Waals surface area contributed by atoms with E-state index in [2.05, 4.69) is 98.7 Å². The van der Waals surface area contributed by atoms with Crippen LogP contribution in [0.25, 0.3) is 56.0 Å². The largest absolute Gasteiger partial charge is 0.512 e. The third-order valence-electron chi connectivity index (χ3n) is 15.1. The van der Waals surface area contributed by atoms with E-state index in [1.54, 1.807) is 66.9 Å². The van der Waals surface area contributed by atoms with Crippen LogP contribution in [-0.4, -0.2) is 82.5 Å². The molecule has 0 fully saturated rings. The fourth-order valence-corrected chi connectivity index (χ4v) is 10.5. The minimum absolute atomic E-state index is 0. The number of carbonyl (C=O) groups is 4. The third-order valence-corrected chi connectivity index (χ3v) is 16.7. The molecular formula is C88H70B2Br2IN4O9Pt-. The van der Waals surface area contributed by atoms with Crippen molar-refractivity contribution in [1.29, 1.82) is 0 Å². The van der Waals surface area contributed by atoms with Crippen molar-refractivity contribution in [2.75, 3.05) is 0 Å². The molecule has 534 valence electrons. The molecule has 0 atom stereocenters. The van der Waals surface area contributed by atoms with Crippen molar-refractivity contribution in [3.05, 3.63) is 416 Å². The zero-order valence-corrected chi connectivity index (χ0v) is 65.4. The average Bonchev–Trinajstić information content (AvgIpc) is 0.788. The molecule has 107 heavy (non-hydrogen) atoms. The van der Waals surface area contributed by atoms with E-state index in [9.17, 15) is 19.2 Å². The molecule has 0 saturated heterocycles. The Balaban J connectivity index is 0.000000183. The van der Waals surface area contributed by atoms with Gasteiger partial charge in [0.25, 0.3) is 0 Å². The van der Waals surface area contributed by atoms with Gasteiger partial charge in [0.1, 0.15) is 3.70 Å². The van der Waals surface area contributed by atoms with Crippen molar-refractivity contribution >= 4 is 103 Å². The number of allylic oxidation sites excluding steroid dienone is 2. The van der Waals surface area contributed by atoms with Crippen LogP contribution < -0.4 is 10.9 Å². The third kappa shape index (κ3) is 28.3. The van der Waals surface area contributed by atoms with Gasteiger partial charge in [-0.3, -0.25) is 29.1 Å². The second-order valence-corrected chi connectivity index (χ2v) is 25.9. The Kier molecular flexibility index (Phi) is 35.2. The number of ketones is 4. The van der Waals surface area contributed by atoms with Gasteiger partial charge in [-0.25, -0.2) is 4.98 Å². The number of carbonyl (C=O) groups excluding carboxylic acids is 4. The van der Waals surface area contributed by atoms with Crippen LogP contribution in [-0.2, 0) is 25.9 Å². The van der Waals surface area contributed by atoms with E-state index in [1.165, 1.54) is 32.1 Å². The summed E-state index contributed by atoms with van der Waals surface area (Å²) in [4.78, 5) is 64.4. The minimum atomic E-state index is -1.50. The molecule has 0 amide bonds. The fourth-order valence-electron chi connectivity index (χ4n) is 9.76. The van der Waals surface area contributed by atoms with Crippen LogP contribution in [0.4, 0.5) is 0 Å². The molecule has 0 bridgehead atoms. The summed E-state index contributed by atoms with van der Waals surface area (Å²) in [6.45, 7) is 2.85. The summed E-state index contributed by atoms with van der Waals surface area (Å²) in [6, 6.07) is 105. The molecular weight excluding hydrogens is 1760 g/mol. The Bertz CT molecular complexity index is 4810. The summed E-state index contributed by atoms with van der Waals surface area (Å²) in [5.41, 5.74) is 15.0. The average molecular weight is 1830 g/mol. The number of aliphatic hydroxyl groups is 1. The molecule has 19 heteroatoms. The molecule has 10 aromatic carbocycles. The number of halogens is 3. The number of aliphatic hydroxyl groups excluding tert-OH is 1. The summed E-state index contributed by atoms with van der Waals surface area (Å²) in [6.07, 6.45) is 8.48.